The van der Waals surface area contributed by atoms with Gasteiger partial charge in [0, 0.05) is 35.4 Å². The van der Waals surface area contributed by atoms with Crippen molar-refractivity contribution in [2.24, 2.45) is 0 Å². The van der Waals surface area contributed by atoms with Gasteiger partial charge in [-0.3, -0.25) is 4.21 Å². The first-order valence-electron chi connectivity index (χ1n) is 5.20. The van der Waals surface area contributed by atoms with Gasteiger partial charge in [-0.15, -0.1) is 0 Å². The van der Waals surface area contributed by atoms with Crippen molar-refractivity contribution in [3.8, 4) is 0 Å². The van der Waals surface area contributed by atoms with Crippen LogP contribution in [0.1, 0.15) is 5.56 Å². The largest absolute Gasteiger partial charge is 0.392 e. The highest BCUT2D eigenvalue weighted by molar-refractivity contribution is 7.85. The molecule has 16 heavy (non-hydrogen) atoms. The van der Waals surface area contributed by atoms with Gasteiger partial charge in [0.05, 0.1) is 17.3 Å². The van der Waals surface area contributed by atoms with Crippen molar-refractivity contribution >= 4 is 28.1 Å². The van der Waals surface area contributed by atoms with E-state index in [2.05, 4.69) is 4.90 Å². The maximum atomic E-state index is 11.2. The lowest BCUT2D eigenvalue weighted by Gasteiger charge is -2.29. The summed E-state index contributed by atoms with van der Waals surface area (Å²) in [6.07, 6.45) is 0. The molecule has 0 unspecified atom stereocenters. The molecule has 1 aliphatic heterocycles. The topological polar surface area (TPSA) is 40.5 Å². The Balaban J connectivity index is 2.17. The molecule has 0 saturated carbocycles. The number of anilines is 1. The van der Waals surface area contributed by atoms with E-state index in [0.29, 0.717) is 16.5 Å². The van der Waals surface area contributed by atoms with Crippen LogP contribution < -0.4 is 4.90 Å². The molecule has 0 spiro atoms. The fourth-order valence-electron chi connectivity index (χ4n) is 1.78. The summed E-state index contributed by atoms with van der Waals surface area (Å²) in [7, 11) is -0.672. The highest BCUT2D eigenvalue weighted by Gasteiger charge is 2.17. The maximum Gasteiger partial charge on any atom is 0.0682 e. The molecule has 3 nitrogen and oxygen atoms in total. The van der Waals surface area contributed by atoms with Gasteiger partial charge in [-0.05, 0) is 17.7 Å². The summed E-state index contributed by atoms with van der Waals surface area (Å²) in [5.41, 5.74) is 1.78. The van der Waals surface area contributed by atoms with E-state index in [0.717, 1.165) is 24.3 Å². The number of hydrogen-bond donors (Lipinski definition) is 1. The van der Waals surface area contributed by atoms with E-state index in [4.69, 9.17) is 16.7 Å². The van der Waals surface area contributed by atoms with Crippen LogP contribution in [0.15, 0.2) is 18.2 Å². The molecule has 88 valence electrons. The van der Waals surface area contributed by atoms with E-state index in [-0.39, 0.29) is 6.61 Å². The van der Waals surface area contributed by atoms with Gasteiger partial charge in [-0.25, -0.2) is 0 Å². The van der Waals surface area contributed by atoms with Crippen LogP contribution in [0, 0.1) is 0 Å². The van der Waals surface area contributed by atoms with Crippen LogP contribution in [0.3, 0.4) is 0 Å². The molecule has 0 radical (unpaired) electrons. The Hall–Kier alpha value is -0.580. The average Bonchev–Trinajstić information content (AvgIpc) is 2.30. The number of nitrogens with zero attached hydrogens (tertiary/aromatic N) is 1. The molecule has 1 aromatic carbocycles. The summed E-state index contributed by atoms with van der Waals surface area (Å²) in [4.78, 5) is 2.14. The fourth-order valence-corrected chi connectivity index (χ4v) is 3.16. The number of hydrogen-bond acceptors (Lipinski definition) is 3. The maximum absolute atomic E-state index is 11.2. The second-order valence-corrected chi connectivity index (χ2v) is 5.88. The summed E-state index contributed by atoms with van der Waals surface area (Å²) >= 11 is 6.15. The third-order valence-electron chi connectivity index (χ3n) is 2.71. The first-order chi connectivity index (χ1) is 7.70. The molecule has 1 heterocycles. The van der Waals surface area contributed by atoms with Gasteiger partial charge in [0.25, 0.3) is 0 Å². The Morgan fingerprint density at radius 3 is 2.62 bits per heavy atom. The van der Waals surface area contributed by atoms with Gasteiger partial charge in [0.2, 0.25) is 0 Å². The van der Waals surface area contributed by atoms with Gasteiger partial charge in [-0.2, -0.15) is 0 Å². The molecular weight excluding hydrogens is 246 g/mol. The standard InChI is InChI=1S/C11H14ClNO2S/c12-10-7-9(8-14)1-2-11(10)13-3-5-16(15)6-4-13/h1-2,7,14H,3-6,8H2. The number of halogens is 1. The number of aliphatic hydroxyl groups is 1. The molecule has 0 aromatic heterocycles. The highest BCUT2D eigenvalue weighted by atomic mass is 35.5. The van der Waals surface area contributed by atoms with Gasteiger partial charge < -0.3 is 10.0 Å². The monoisotopic (exact) mass is 259 g/mol. The Kier molecular flexibility index (Phi) is 3.84. The Morgan fingerprint density at radius 2 is 2.06 bits per heavy atom. The van der Waals surface area contributed by atoms with E-state index in [1.165, 1.54) is 0 Å². The Bertz CT molecular complexity index is 401. The smallest absolute Gasteiger partial charge is 0.0682 e. The highest BCUT2D eigenvalue weighted by Crippen LogP contribution is 2.27. The first-order valence-corrected chi connectivity index (χ1v) is 7.06. The Morgan fingerprint density at radius 1 is 1.38 bits per heavy atom. The van der Waals surface area contributed by atoms with Crippen LogP contribution in [0.4, 0.5) is 5.69 Å². The van der Waals surface area contributed by atoms with Gasteiger partial charge in [0.1, 0.15) is 0 Å². The molecule has 1 fully saturated rings. The summed E-state index contributed by atoms with van der Waals surface area (Å²) in [5.74, 6) is 1.41. The third kappa shape index (κ3) is 2.56. The molecule has 1 aliphatic rings. The van der Waals surface area contributed by atoms with Gasteiger partial charge >= 0.3 is 0 Å². The Labute approximate surface area is 102 Å². The van der Waals surface area contributed by atoms with Crippen molar-refractivity contribution in [2.75, 3.05) is 29.5 Å². The molecule has 1 saturated heterocycles. The molecule has 1 N–H and O–H groups in total. The molecule has 1 aromatic rings. The number of rotatable bonds is 2. The third-order valence-corrected chi connectivity index (χ3v) is 4.29. The van der Waals surface area contributed by atoms with Crippen LogP contribution in [0.5, 0.6) is 0 Å². The van der Waals surface area contributed by atoms with Crippen molar-refractivity contribution < 1.29 is 9.32 Å². The second-order valence-electron chi connectivity index (χ2n) is 3.78. The molecule has 5 heteroatoms. The van der Waals surface area contributed by atoms with Crippen LogP contribution in [-0.4, -0.2) is 33.9 Å². The average molecular weight is 260 g/mol. The van der Waals surface area contributed by atoms with E-state index in [1.54, 1.807) is 6.07 Å². The van der Waals surface area contributed by atoms with Crippen LogP contribution in [0.25, 0.3) is 0 Å². The number of aliphatic hydroxyl groups excluding tert-OH is 1. The predicted molar refractivity (Wildman–Crippen MR) is 67.5 cm³/mol. The minimum Gasteiger partial charge on any atom is -0.392 e. The van der Waals surface area contributed by atoms with Crippen LogP contribution in [-0.2, 0) is 17.4 Å². The zero-order chi connectivity index (χ0) is 11.5. The second kappa shape index (κ2) is 5.17. The quantitative estimate of drug-likeness (QED) is 0.873. The van der Waals surface area contributed by atoms with E-state index >= 15 is 0 Å². The van der Waals surface area contributed by atoms with Crippen molar-refractivity contribution in [2.45, 2.75) is 6.61 Å². The molecule has 0 amide bonds. The normalized spacial score (nSPS) is 17.8. The van der Waals surface area contributed by atoms with Crippen molar-refractivity contribution in [3.05, 3.63) is 28.8 Å². The summed E-state index contributed by atoms with van der Waals surface area (Å²) in [5, 5.41) is 9.64. The first kappa shape index (κ1) is 11.9. The van der Waals surface area contributed by atoms with E-state index in [1.807, 2.05) is 12.1 Å². The minimum absolute atomic E-state index is 0.00398. The van der Waals surface area contributed by atoms with Gasteiger partial charge in [0.15, 0.2) is 0 Å². The van der Waals surface area contributed by atoms with E-state index < -0.39 is 10.8 Å². The van der Waals surface area contributed by atoms with Crippen molar-refractivity contribution in [1.29, 1.82) is 0 Å². The van der Waals surface area contributed by atoms with Crippen LogP contribution >= 0.6 is 11.6 Å². The van der Waals surface area contributed by atoms with Gasteiger partial charge in [-0.1, -0.05) is 17.7 Å². The molecule has 0 bridgehead atoms. The number of benzene rings is 1. The summed E-state index contributed by atoms with van der Waals surface area (Å²) < 4.78 is 11.2. The van der Waals surface area contributed by atoms with Crippen molar-refractivity contribution in [1.82, 2.24) is 0 Å². The summed E-state index contributed by atoms with van der Waals surface area (Å²) in [6.45, 7) is 1.57. The molecular formula is C11H14ClNO2S. The van der Waals surface area contributed by atoms with Crippen molar-refractivity contribution in [3.63, 3.8) is 0 Å². The lowest BCUT2D eigenvalue weighted by molar-refractivity contribution is 0.282. The lowest BCUT2D eigenvalue weighted by atomic mass is 10.2. The fraction of sp³-hybridized carbons (Fsp3) is 0.455. The minimum atomic E-state index is -0.672. The lowest BCUT2D eigenvalue weighted by Crippen LogP contribution is -2.37. The summed E-state index contributed by atoms with van der Waals surface area (Å²) in [6, 6.07) is 5.57. The molecule has 0 atom stereocenters. The zero-order valence-electron chi connectivity index (χ0n) is 8.86. The predicted octanol–water partition coefficient (Wildman–Crippen LogP) is 1.40. The SMILES string of the molecule is O=S1CCN(c2ccc(CO)cc2Cl)CC1. The molecule has 0 aliphatic carbocycles. The molecule has 2 rings (SSSR count). The van der Waals surface area contributed by atoms with E-state index in [9.17, 15) is 4.21 Å². The van der Waals surface area contributed by atoms with Crippen LogP contribution in [0.2, 0.25) is 5.02 Å². The zero-order valence-corrected chi connectivity index (χ0v) is 10.4.